The van der Waals surface area contributed by atoms with Gasteiger partial charge in [-0.1, -0.05) is 18.2 Å². The number of methoxy groups -OCH3 is 1. The number of rotatable bonds is 6. The van der Waals surface area contributed by atoms with E-state index in [0.29, 0.717) is 17.1 Å². The van der Waals surface area contributed by atoms with Crippen LogP contribution in [0.1, 0.15) is 21.5 Å². The lowest BCUT2D eigenvalue weighted by Gasteiger charge is -2.11. The van der Waals surface area contributed by atoms with Crippen molar-refractivity contribution in [3.05, 3.63) is 83.6 Å². The average molecular weight is 375 g/mol. The molecule has 6 heteroatoms. The van der Waals surface area contributed by atoms with Gasteiger partial charge in [0.25, 0.3) is 5.91 Å². The molecule has 0 bridgehead atoms. The number of hydrogen-bond donors (Lipinski definition) is 2. The predicted molar refractivity (Wildman–Crippen MR) is 109 cm³/mol. The predicted octanol–water partition coefficient (Wildman–Crippen LogP) is 3.83. The van der Waals surface area contributed by atoms with Crippen LogP contribution in [-0.2, 0) is 11.2 Å². The highest BCUT2D eigenvalue weighted by Gasteiger charge is 2.11. The fourth-order valence-electron chi connectivity index (χ4n) is 2.69. The van der Waals surface area contributed by atoms with Crippen LogP contribution in [0.3, 0.4) is 0 Å². The van der Waals surface area contributed by atoms with Gasteiger partial charge >= 0.3 is 0 Å². The zero-order valence-electron chi connectivity index (χ0n) is 15.7. The van der Waals surface area contributed by atoms with Crippen molar-refractivity contribution >= 4 is 23.3 Å². The van der Waals surface area contributed by atoms with Gasteiger partial charge in [-0.15, -0.1) is 0 Å². The molecule has 1 aromatic heterocycles. The fourth-order valence-corrected chi connectivity index (χ4v) is 2.69. The zero-order chi connectivity index (χ0) is 19.9. The molecule has 28 heavy (non-hydrogen) atoms. The Morgan fingerprint density at radius 1 is 1.00 bits per heavy atom. The number of benzene rings is 2. The van der Waals surface area contributed by atoms with E-state index < -0.39 is 0 Å². The first-order valence-electron chi connectivity index (χ1n) is 8.81. The maximum Gasteiger partial charge on any atom is 0.256 e. The van der Waals surface area contributed by atoms with Crippen molar-refractivity contribution in [1.29, 1.82) is 0 Å². The minimum atomic E-state index is -0.252. The number of pyridine rings is 1. The van der Waals surface area contributed by atoms with Gasteiger partial charge in [0.1, 0.15) is 11.6 Å². The molecule has 3 rings (SSSR count). The SMILES string of the molecule is COc1ccc(CC(=O)Nc2ccc(C(=O)Nc3ccccn3)cc2C)cc1. The van der Waals surface area contributed by atoms with Gasteiger partial charge < -0.3 is 15.4 Å². The van der Waals surface area contributed by atoms with E-state index in [1.54, 1.807) is 49.7 Å². The van der Waals surface area contributed by atoms with Crippen molar-refractivity contribution in [1.82, 2.24) is 4.98 Å². The number of anilines is 2. The highest BCUT2D eigenvalue weighted by molar-refractivity contribution is 6.04. The summed E-state index contributed by atoms with van der Waals surface area (Å²) < 4.78 is 5.12. The molecule has 0 unspecified atom stereocenters. The number of aryl methyl sites for hydroxylation is 1. The first kappa shape index (κ1) is 19.1. The standard InChI is InChI=1S/C22H21N3O3/c1-15-13-17(22(27)25-20-5-3-4-12-23-20)8-11-19(15)24-21(26)14-16-6-9-18(28-2)10-7-16/h3-13H,14H2,1-2H3,(H,24,26)(H,23,25,27). The Morgan fingerprint density at radius 3 is 2.43 bits per heavy atom. The Labute approximate surface area is 163 Å². The van der Waals surface area contributed by atoms with E-state index in [2.05, 4.69) is 15.6 Å². The summed E-state index contributed by atoms with van der Waals surface area (Å²) in [5, 5.41) is 5.63. The number of nitrogens with one attached hydrogen (secondary N) is 2. The number of aromatic nitrogens is 1. The van der Waals surface area contributed by atoms with E-state index in [9.17, 15) is 9.59 Å². The summed E-state index contributed by atoms with van der Waals surface area (Å²) in [4.78, 5) is 28.7. The van der Waals surface area contributed by atoms with Gasteiger partial charge in [-0.25, -0.2) is 4.98 Å². The van der Waals surface area contributed by atoms with E-state index in [4.69, 9.17) is 4.74 Å². The van der Waals surface area contributed by atoms with Crippen molar-refractivity contribution in [2.75, 3.05) is 17.7 Å². The normalized spacial score (nSPS) is 10.2. The van der Waals surface area contributed by atoms with Crippen molar-refractivity contribution in [3.63, 3.8) is 0 Å². The monoisotopic (exact) mass is 375 g/mol. The molecule has 3 aromatic rings. The third-order valence-corrected chi connectivity index (χ3v) is 4.19. The number of amides is 2. The highest BCUT2D eigenvalue weighted by atomic mass is 16.5. The van der Waals surface area contributed by atoms with Crippen LogP contribution in [0.5, 0.6) is 5.75 Å². The maximum atomic E-state index is 12.3. The summed E-state index contributed by atoms with van der Waals surface area (Å²) in [6, 6.07) is 17.8. The molecule has 0 aliphatic heterocycles. The van der Waals surface area contributed by atoms with Gasteiger partial charge in [0.05, 0.1) is 13.5 Å². The van der Waals surface area contributed by atoms with Crippen molar-refractivity contribution in [2.24, 2.45) is 0 Å². The Morgan fingerprint density at radius 2 is 1.79 bits per heavy atom. The molecule has 0 spiro atoms. The molecule has 0 saturated carbocycles. The number of nitrogens with zero attached hydrogens (tertiary/aromatic N) is 1. The summed E-state index contributed by atoms with van der Waals surface area (Å²) in [6.07, 6.45) is 1.87. The first-order chi connectivity index (χ1) is 13.5. The number of carbonyl (C=O) groups is 2. The molecule has 1 heterocycles. The van der Waals surface area contributed by atoms with Gasteiger partial charge in [-0.2, -0.15) is 0 Å². The topological polar surface area (TPSA) is 80.3 Å². The quantitative estimate of drug-likeness (QED) is 0.686. The highest BCUT2D eigenvalue weighted by Crippen LogP contribution is 2.18. The van der Waals surface area contributed by atoms with E-state index in [0.717, 1.165) is 16.9 Å². The molecular weight excluding hydrogens is 354 g/mol. The van der Waals surface area contributed by atoms with Gasteiger partial charge in [-0.3, -0.25) is 9.59 Å². The molecular formula is C22H21N3O3. The van der Waals surface area contributed by atoms with Gasteiger partial charge in [-0.05, 0) is 60.5 Å². The van der Waals surface area contributed by atoms with Crippen LogP contribution >= 0.6 is 0 Å². The average Bonchev–Trinajstić information content (AvgIpc) is 2.71. The molecule has 6 nitrogen and oxygen atoms in total. The van der Waals surface area contributed by atoms with Gasteiger partial charge in [0.2, 0.25) is 5.91 Å². The van der Waals surface area contributed by atoms with Gasteiger partial charge in [0.15, 0.2) is 0 Å². The largest absolute Gasteiger partial charge is 0.497 e. The van der Waals surface area contributed by atoms with Crippen LogP contribution in [0.15, 0.2) is 66.9 Å². The second kappa shape index (κ2) is 8.81. The number of carbonyl (C=O) groups excluding carboxylic acids is 2. The van der Waals surface area contributed by atoms with Gasteiger partial charge in [0, 0.05) is 17.4 Å². The summed E-state index contributed by atoms with van der Waals surface area (Å²) in [5.41, 5.74) is 2.86. The zero-order valence-corrected chi connectivity index (χ0v) is 15.7. The Bertz CT molecular complexity index is 970. The Hall–Kier alpha value is -3.67. The Kier molecular flexibility index (Phi) is 6.01. The molecule has 0 aliphatic carbocycles. The second-order valence-corrected chi connectivity index (χ2v) is 6.27. The minimum Gasteiger partial charge on any atom is -0.497 e. The molecule has 2 amide bonds. The molecule has 0 aliphatic rings. The summed E-state index contributed by atoms with van der Waals surface area (Å²) >= 11 is 0. The Balaban J connectivity index is 1.63. The molecule has 142 valence electrons. The third-order valence-electron chi connectivity index (χ3n) is 4.19. The van der Waals surface area contributed by atoms with Crippen molar-refractivity contribution in [2.45, 2.75) is 13.3 Å². The number of hydrogen-bond acceptors (Lipinski definition) is 4. The van der Waals surface area contributed by atoms with Crippen LogP contribution in [0.2, 0.25) is 0 Å². The summed E-state index contributed by atoms with van der Waals surface area (Å²) in [7, 11) is 1.60. The first-order valence-corrected chi connectivity index (χ1v) is 8.81. The maximum absolute atomic E-state index is 12.3. The molecule has 0 atom stereocenters. The van der Waals surface area contributed by atoms with Crippen LogP contribution in [0, 0.1) is 6.92 Å². The van der Waals surface area contributed by atoms with Crippen molar-refractivity contribution < 1.29 is 14.3 Å². The lowest BCUT2D eigenvalue weighted by Crippen LogP contribution is -2.16. The van der Waals surface area contributed by atoms with Crippen LogP contribution in [0.25, 0.3) is 0 Å². The van der Waals surface area contributed by atoms with E-state index >= 15 is 0 Å². The van der Waals surface area contributed by atoms with Crippen LogP contribution in [0.4, 0.5) is 11.5 Å². The third kappa shape index (κ3) is 4.94. The smallest absolute Gasteiger partial charge is 0.256 e. The van der Waals surface area contributed by atoms with Crippen molar-refractivity contribution in [3.8, 4) is 5.75 Å². The summed E-state index contributed by atoms with van der Waals surface area (Å²) in [6.45, 7) is 1.85. The summed E-state index contributed by atoms with van der Waals surface area (Å²) in [5.74, 6) is 0.860. The molecule has 2 N–H and O–H groups in total. The van der Waals surface area contributed by atoms with Crippen LogP contribution in [-0.4, -0.2) is 23.9 Å². The molecule has 0 saturated heterocycles. The fraction of sp³-hybridized carbons (Fsp3) is 0.136. The van der Waals surface area contributed by atoms with E-state index in [-0.39, 0.29) is 18.2 Å². The number of ether oxygens (including phenoxy) is 1. The lowest BCUT2D eigenvalue weighted by atomic mass is 10.1. The second-order valence-electron chi connectivity index (χ2n) is 6.27. The lowest BCUT2D eigenvalue weighted by molar-refractivity contribution is -0.115. The van der Waals surface area contributed by atoms with E-state index in [1.165, 1.54) is 0 Å². The van der Waals surface area contributed by atoms with E-state index in [1.807, 2.05) is 31.2 Å². The van der Waals surface area contributed by atoms with Crippen LogP contribution < -0.4 is 15.4 Å². The minimum absolute atomic E-state index is 0.126. The molecule has 0 fully saturated rings. The molecule has 2 aromatic carbocycles. The molecule has 0 radical (unpaired) electrons.